The molecular formula is C80H137NO18. The second kappa shape index (κ2) is 59.8. The quantitative estimate of drug-likeness (QED) is 0.0199. The van der Waals surface area contributed by atoms with Crippen LogP contribution in [0.5, 0.6) is 0 Å². The van der Waals surface area contributed by atoms with Crippen LogP contribution in [0.2, 0.25) is 0 Å². The molecule has 0 aromatic heterocycles. The van der Waals surface area contributed by atoms with Crippen molar-refractivity contribution in [3.63, 3.8) is 0 Å². The SMILES string of the molecule is CC/C=C\C/C=C\C/C=C\C/C=C\C/C=C\C/C=C\C/C=C\C/C=C\C/C=C\CCCCCCCC(=O)NC(COC1OC(CO)C(OC2OC(CO)C(OC3OC(CO)C(O)C(O)C3O)C(O)C2O)C(O)C1O)C(O)CCCCCCCCCCCCCCCCCCCCCCC. The molecule has 19 heteroatoms. The van der Waals surface area contributed by atoms with Crippen LogP contribution in [0, 0.1) is 0 Å². The van der Waals surface area contributed by atoms with E-state index < -0.39 is 124 Å². The van der Waals surface area contributed by atoms with Gasteiger partial charge >= 0.3 is 0 Å². The number of hydrogen-bond acceptors (Lipinski definition) is 18. The van der Waals surface area contributed by atoms with E-state index in [0.717, 1.165) is 116 Å². The molecule has 570 valence electrons. The van der Waals surface area contributed by atoms with Crippen LogP contribution in [-0.4, -0.2) is 193 Å². The van der Waals surface area contributed by atoms with Crippen molar-refractivity contribution in [2.24, 2.45) is 0 Å². The third kappa shape index (κ3) is 40.3. The largest absolute Gasteiger partial charge is 0.394 e. The molecule has 0 radical (unpaired) electrons. The molecule has 0 bridgehead atoms. The second-order valence-electron chi connectivity index (χ2n) is 27.1. The first-order chi connectivity index (χ1) is 48.3. The Balaban J connectivity index is 1.40. The van der Waals surface area contributed by atoms with E-state index in [0.29, 0.717) is 12.8 Å². The van der Waals surface area contributed by atoms with Crippen molar-refractivity contribution in [3.05, 3.63) is 109 Å². The van der Waals surface area contributed by atoms with Crippen LogP contribution in [0.4, 0.5) is 0 Å². The minimum atomic E-state index is -1.98. The van der Waals surface area contributed by atoms with Gasteiger partial charge in [-0.15, -0.1) is 0 Å². The number of ether oxygens (including phenoxy) is 6. The number of aliphatic hydroxyl groups is 11. The lowest BCUT2D eigenvalue weighted by Gasteiger charge is -2.48. The summed E-state index contributed by atoms with van der Waals surface area (Å²) in [5.41, 5.74) is 0. The molecule has 0 saturated carbocycles. The Hall–Kier alpha value is -3.55. The summed E-state index contributed by atoms with van der Waals surface area (Å²) in [6, 6.07) is -0.907. The lowest BCUT2D eigenvalue weighted by atomic mass is 9.96. The first-order valence-electron chi connectivity index (χ1n) is 38.6. The number of carbonyl (C=O) groups is 1. The fourth-order valence-electron chi connectivity index (χ4n) is 12.4. The lowest BCUT2D eigenvalue weighted by Crippen LogP contribution is -2.66. The van der Waals surface area contributed by atoms with Gasteiger partial charge in [-0.2, -0.15) is 0 Å². The van der Waals surface area contributed by atoms with Crippen LogP contribution < -0.4 is 5.32 Å². The summed E-state index contributed by atoms with van der Waals surface area (Å²) in [5, 5.41) is 121. The predicted molar refractivity (Wildman–Crippen MR) is 392 cm³/mol. The molecular weight excluding hydrogens is 1260 g/mol. The molecule has 3 aliphatic heterocycles. The van der Waals surface area contributed by atoms with Crippen LogP contribution in [0.3, 0.4) is 0 Å². The van der Waals surface area contributed by atoms with Crippen molar-refractivity contribution in [1.29, 1.82) is 0 Å². The topological polar surface area (TPSA) is 307 Å². The molecule has 0 aromatic rings. The maximum absolute atomic E-state index is 13.5. The molecule has 3 heterocycles. The number of amides is 1. The monoisotopic (exact) mass is 1400 g/mol. The average molecular weight is 1400 g/mol. The molecule has 0 aliphatic carbocycles. The van der Waals surface area contributed by atoms with E-state index in [9.17, 15) is 61.0 Å². The zero-order chi connectivity index (χ0) is 71.8. The van der Waals surface area contributed by atoms with Gasteiger partial charge in [-0.1, -0.05) is 277 Å². The molecule has 19 nitrogen and oxygen atoms in total. The molecule has 12 N–H and O–H groups in total. The normalized spacial score (nSPS) is 27.2. The summed E-state index contributed by atoms with van der Waals surface area (Å²) >= 11 is 0. The highest BCUT2D eigenvalue weighted by molar-refractivity contribution is 5.76. The fourth-order valence-corrected chi connectivity index (χ4v) is 12.4. The summed E-state index contributed by atoms with van der Waals surface area (Å²) in [5.74, 6) is -0.264. The van der Waals surface area contributed by atoms with E-state index in [-0.39, 0.29) is 18.9 Å². The van der Waals surface area contributed by atoms with E-state index in [1.807, 2.05) is 0 Å². The Morgan fingerprint density at radius 3 is 1.09 bits per heavy atom. The lowest BCUT2D eigenvalue weighted by molar-refractivity contribution is -0.379. The maximum Gasteiger partial charge on any atom is 0.220 e. The van der Waals surface area contributed by atoms with E-state index in [2.05, 4.69) is 129 Å². The van der Waals surface area contributed by atoms with Crippen LogP contribution in [0.1, 0.15) is 258 Å². The molecule has 99 heavy (non-hydrogen) atoms. The van der Waals surface area contributed by atoms with Gasteiger partial charge in [0.05, 0.1) is 38.6 Å². The number of aliphatic hydroxyl groups excluding tert-OH is 11. The van der Waals surface area contributed by atoms with Gasteiger partial charge in [0.2, 0.25) is 5.91 Å². The number of nitrogens with one attached hydrogen (secondary N) is 1. The van der Waals surface area contributed by atoms with Gasteiger partial charge in [-0.05, 0) is 83.5 Å². The van der Waals surface area contributed by atoms with Crippen LogP contribution in [-0.2, 0) is 33.2 Å². The smallest absolute Gasteiger partial charge is 0.220 e. The van der Waals surface area contributed by atoms with Gasteiger partial charge in [-0.25, -0.2) is 0 Å². The summed E-state index contributed by atoms with van der Waals surface area (Å²) in [6.07, 6.45) is 54.4. The third-order valence-electron chi connectivity index (χ3n) is 18.6. The van der Waals surface area contributed by atoms with Crippen molar-refractivity contribution in [1.82, 2.24) is 5.32 Å². The minimum absolute atomic E-state index is 0.237. The van der Waals surface area contributed by atoms with Crippen LogP contribution in [0.25, 0.3) is 0 Å². The number of carbonyl (C=O) groups excluding carboxylic acids is 1. The Kier molecular flexibility index (Phi) is 54.2. The standard InChI is InChI=1S/C80H137NO18/c1-3-5-7-9-11-13-15-17-19-21-23-25-26-27-28-29-30-31-32-33-34-35-36-38-40-42-44-46-48-50-52-54-56-58-68(86)81-63(64(85)57-55-53-51-49-47-45-43-41-39-37-24-22-20-18-16-14-12-10-8-6-4-2)62-94-78-74(92)71(89)76(66(60-83)96-78)99-80-75(93)72(90)77(67(61-84)97-80)98-79-73(91)70(88)69(87)65(59-82)95-79/h5,7,11,13,17,19,23,25,27-28,30-31,33-34,36,38,42,44,63-67,69-80,82-85,87-93H,3-4,6,8-10,12,14-16,18,20-22,24,26,29,32,35,37,39-41,43,45-62H2,1-2H3,(H,81,86)/b7-5-,13-11-,19-17-,25-23-,28-27-,31-30-,34-33-,38-36-,44-42-. The van der Waals surface area contributed by atoms with Gasteiger partial charge in [-0.3, -0.25) is 4.79 Å². The molecule has 0 aromatic carbocycles. The highest BCUT2D eigenvalue weighted by Gasteiger charge is 2.53. The molecule has 17 unspecified atom stereocenters. The molecule has 1 amide bonds. The third-order valence-corrected chi connectivity index (χ3v) is 18.6. The highest BCUT2D eigenvalue weighted by atomic mass is 16.8. The first kappa shape index (κ1) is 89.7. The average Bonchev–Trinajstić information content (AvgIpc) is 0.761. The predicted octanol–water partition coefficient (Wildman–Crippen LogP) is 12.2. The van der Waals surface area contributed by atoms with Gasteiger partial charge in [0, 0.05) is 6.42 Å². The van der Waals surface area contributed by atoms with Crippen LogP contribution in [0.15, 0.2) is 109 Å². The Bertz CT molecular complexity index is 2220. The zero-order valence-electron chi connectivity index (χ0n) is 60.7. The Labute approximate surface area is 595 Å². The molecule has 3 aliphatic rings. The number of rotatable bonds is 59. The number of allylic oxidation sites excluding steroid dienone is 18. The molecule has 3 rings (SSSR count). The summed E-state index contributed by atoms with van der Waals surface area (Å²) in [7, 11) is 0. The molecule has 3 saturated heterocycles. The minimum Gasteiger partial charge on any atom is -0.394 e. The van der Waals surface area contributed by atoms with Crippen molar-refractivity contribution < 1.29 is 89.4 Å². The molecule has 3 fully saturated rings. The van der Waals surface area contributed by atoms with E-state index in [4.69, 9.17) is 28.4 Å². The van der Waals surface area contributed by atoms with Crippen molar-refractivity contribution in [2.75, 3.05) is 26.4 Å². The van der Waals surface area contributed by atoms with Crippen LogP contribution >= 0.6 is 0 Å². The van der Waals surface area contributed by atoms with Crippen molar-refractivity contribution >= 4 is 5.91 Å². The summed E-state index contributed by atoms with van der Waals surface area (Å²) in [4.78, 5) is 13.5. The van der Waals surface area contributed by atoms with Gasteiger partial charge in [0.25, 0.3) is 0 Å². The van der Waals surface area contributed by atoms with E-state index in [1.165, 1.54) is 109 Å². The molecule has 0 spiro atoms. The van der Waals surface area contributed by atoms with Gasteiger partial charge < -0.3 is 89.9 Å². The van der Waals surface area contributed by atoms with Crippen molar-refractivity contribution in [2.45, 2.75) is 362 Å². The second-order valence-corrected chi connectivity index (χ2v) is 27.1. The number of hydrogen-bond donors (Lipinski definition) is 12. The summed E-state index contributed by atoms with van der Waals surface area (Å²) < 4.78 is 34.5. The number of unbranched alkanes of at least 4 members (excludes halogenated alkanes) is 25. The van der Waals surface area contributed by atoms with E-state index in [1.54, 1.807) is 0 Å². The van der Waals surface area contributed by atoms with Gasteiger partial charge in [0.1, 0.15) is 73.2 Å². The Morgan fingerprint density at radius 1 is 0.374 bits per heavy atom. The summed E-state index contributed by atoms with van der Waals surface area (Å²) in [6.45, 7) is 1.68. The molecule has 17 atom stereocenters. The maximum atomic E-state index is 13.5. The zero-order valence-corrected chi connectivity index (χ0v) is 60.7. The highest BCUT2D eigenvalue weighted by Crippen LogP contribution is 2.33. The first-order valence-corrected chi connectivity index (χ1v) is 38.6. The fraction of sp³-hybridized carbons (Fsp3) is 0.762. The van der Waals surface area contributed by atoms with Gasteiger partial charge in [0.15, 0.2) is 18.9 Å². The van der Waals surface area contributed by atoms with Crippen molar-refractivity contribution in [3.8, 4) is 0 Å². The van der Waals surface area contributed by atoms with E-state index >= 15 is 0 Å². The Morgan fingerprint density at radius 2 is 0.697 bits per heavy atom.